The van der Waals surface area contributed by atoms with Crippen molar-refractivity contribution in [3.05, 3.63) is 0 Å². The largest absolute Gasteiger partial charge is 0.344 e. The highest BCUT2D eigenvalue weighted by atomic mass is 14.3. The van der Waals surface area contributed by atoms with Crippen LogP contribution in [-0.2, 0) is 0 Å². The van der Waals surface area contributed by atoms with E-state index in [1.807, 2.05) is 0 Å². The summed E-state index contributed by atoms with van der Waals surface area (Å²) in [4.78, 5) is 0. The van der Waals surface area contributed by atoms with Crippen molar-refractivity contribution in [1.29, 1.82) is 15.8 Å². The van der Waals surface area contributed by atoms with Gasteiger partial charge in [-0.3, -0.25) is 0 Å². The van der Waals surface area contributed by atoms with E-state index in [9.17, 15) is 0 Å². The first-order chi connectivity index (χ1) is 3.33. The third-order valence-electron chi connectivity index (χ3n) is 0.0500. The topological polar surface area (TPSA) is 106 Å². The van der Waals surface area contributed by atoms with Crippen molar-refractivity contribution in [3.8, 4) is 18.2 Å². The third-order valence-corrected chi connectivity index (χ3v) is 0.0500. The third kappa shape index (κ3) is 160. The van der Waals surface area contributed by atoms with Gasteiger partial charge >= 0.3 is 0 Å². The Morgan fingerprint density at radius 3 is 1.12 bits per heavy atom. The zero-order valence-corrected chi connectivity index (χ0v) is 4.55. The maximum Gasteiger partial charge on any atom is 0.181 e. The first kappa shape index (κ1) is 16.1. The fraction of sp³-hybridized carbons (Fsp3) is 0.250. The zero-order chi connectivity index (χ0) is 6.12. The predicted molar refractivity (Wildman–Crippen MR) is 27.5 cm³/mol. The van der Waals surface area contributed by atoms with Crippen LogP contribution in [0.2, 0.25) is 0 Å². The van der Waals surface area contributed by atoms with Gasteiger partial charge in [-0.15, -0.1) is 0 Å². The highest BCUT2D eigenvalue weighted by Crippen LogP contribution is 1.27. The van der Waals surface area contributed by atoms with Crippen LogP contribution in [0.5, 0.6) is 0 Å². The molecule has 0 aromatic carbocycles. The molecule has 0 radical (unpaired) electrons. The van der Waals surface area contributed by atoms with Gasteiger partial charge in [-0.25, -0.2) is 0 Å². The van der Waals surface area contributed by atoms with Crippen molar-refractivity contribution in [2.45, 2.75) is 6.92 Å². The predicted octanol–water partition coefficient (Wildman–Crippen LogP) is 0.725. The number of rotatable bonds is 0. The molecule has 0 rings (SSSR count). The van der Waals surface area contributed by atoms with Crippen LogP contribution in [0.15, 0.2) is 0 Å². The molecule has 0 heterocycles. The Morgan fingerprint density at radius 1 is 1.00 bits per heavy atom. The van der Waals surface area contributed by atoms with Gasteiger partial charge in [-0.1, -0.05) is 0 Å². The highest BCUT2D eigenvalue weighted by Gasteiger charge is 1.39. The van der Waals surface area contributed by atoms with Gasteiger partial charge in [0.15, 0.2) is 12.1 Å². The SMILES string of the molecule is CC#N.N.N#CC#N. The lowest BCUT2D eigenvalue weighted by Gasteiger charge is -1.16. The summed E-state index contributed by atoms with van der Waals surface area (Å²) in [5.41, 5.74) is 0. The number of hydrogen-bond acceptors (Lipinski definition) is 4. The minimum atomic E-state index is 0. The Balaban J connectivity index is -0.0000000575. The van der Waals surface area contributed by atoms with Crippen LogP contribution < -0.4 is 6.15 Å². The van der Waals surface area contributed by atoms with Crippen LogP contribution in [0.1, 0.15) is 6.92 Å². The fourth-order valence-corrected chi connectivity index (χ4v) is 0. The lowest BCUT2D eigenvalue weighted by molar-refractivity contribution is 1.49. The van der Waals surface area contributed by atoms with Crippen LogP contribution >= 0.6 is 0 Å². The second kappa shape index (κ2) is 52.1. The molecule has 0 aliphatic carbocycles. The fourth-order valence-electron chi connectivity index (χ4n) is 0. The molecule has 0 bridgehead atoms. The van der Waals surface area contributed by atoms with Gasteiger partial charge in [0.05, 0.1) is 6.07 Å². The second-order valence-electron chi connectivity index (χ2n) is 0.447. The van der Waals surface area contributed by atoms with Gasteiger partial charge in [-0.2, -0.15) is 15.8 Å². The first-order valence-electron chi connectivity index (χ1n) is 1.42. The van der Waals surface area contributed by atoms with Crippen LogP contribution in [0.3, 0.4) is 0 Å². The Kier molecular flexibility index (Phi) is 105. The molecule has 0 amide bonds. The average Bonchev–Trinajstić information content (AvgIpc) is 1.69. The molecule has 0 atom stereocenters. The Morgan fingerprint density at radius 2 is 1.12 bits per heavy atom. The normalized spacial score (nSPS) is 2.25. The number of nitriles is 3. The van der Waals surface area contributed by atoms with E-state index < -0.39 is 0 Å². The second-order valence-corrected chi connectivity index (χ2v) is 0.447. The van der Waals surface area contributed by atoms with E-state index in [0.717, 1.165) is 0 Å². The number of nitrogens with zero attached hydrogens (tertiary/aromatic N) is 3. The lowest BCUT2D eigenvalue weighted by Crippen LogP contribution is -1.26. The van der Waals surface area contributed by atoms with E-state index >= 15 is 0 Å². The van der Waals surface area contributed by atoms with Gasteiger partial charge in [0.2, 0.25) is 0 Å². The molecule has 0 aromatic heterocycles. The molecule has 0 unspecified atom stereocenters. The van der Waals surface area contributed by atoms with E-state index in [2.05, 4.69) is 0 Å². The highest BCUT2D eigenvalue weighted by molar-refractivity contribution is 4.99. The molecule has 0 aromatic rings. The lowest BCUT2D eigenvalue weighted by atomic mass is 10.9. The Labute approximate surface area is 48.2 Å². The van der Waals surface area contributed by atoms with Crippen LogP contribution in [0, 0.1) is 34.0 Å². The maximum atomic E-state index is 7.32. The van der Waals surface area contributed by atoms with Crippen molar-refractivity contribution >= 4 is 0 Å². The summed E-state index contributed by atoms with van der Waals surface area (Å²) in [7, 11) is 0. The van der Waals surface area contributed by atoms with Crippen LogP contribution in [0.4, 0.5) is 0 Å². The summed E-state index contributed by atoms with van der Waals surface area (Å²) in [6.07, 6.45) is 0. The molecule has 3 N–H and O–H groups in total. The summed E-state index contributed by atoms with van der Waals surface area (Å²) >= 11 is 0. The quantitative estimate of drug-likeness (QED) is 0.495. The molecule has 42 valence electrons. The van der Waals surface area contributed by atoms with Crippen molar-refractivity contribution in [3.63, 3.8) is 0 Å². The zero-order valence-electron chi connectivity index (χ0n) is 4.55. The molecule has 0 aliphatic rings. The van der Waals surface area contributed by atoms with Gasteiger partial charge in [0, 0.05) is 6.92 Å². The molecule has 4 heteroatoms. The van der Waals surface area contributed by atoms with Crippen molar-refractivity contribution in [2.24, 2.45) is 0 Å². The molecule has 0 fully saturated rings. The Bertz CT molecular complexity index is 118. The van der Waals surface area contributed by atoms with Crippen molar-refractivity contribution in [1.82, 2.24) is 6.15 Å². The summed E-state index contributed by atoms with van der Waals surface area (Å²) < 4.78 is 0. The minimum Gasteiger partial charge on any atom is -0.344 e. The average molecular weight is 110 g/mol. The first-order valence-corrected chi connectivity index (χ1v) is 1.42. The monoisotopic (exact) mass is 110 g/mol. The molecule has 0 aliphatic heterocycles. The van der Waals surface area contributed by atoms with Crippen LogP contribution in [0.25, 0.3) is 0 Å². The number of hydrogen-bond donors (Lipinski definition) is 1. The Hall–Kier alpha value is -1.57. The van der Waals surface area contributed by atoms with Gasteiger partial charge in [0.1, 0.15) is 0 Å². The molecular formula is C4H6N4. The van der Waals surface area contributed by atoms with E-state index in [1.165, 1.54) is 19.1 Å². The molecule has 0 saturated carbocycles. The molecule has 0 spiro atoms. The van der Waals surface area contributed by atoms with Crippen molar-refractivity contribution < 1.29 is 0 Å². The molecular weight excluding hydrogens is 104 g/mol. The van der Waals surface area contributed by atoms with E-state index in [0.29, 0.717) is 0 Å². The van der Waals surface area contributed by atoms with E-state index in [4.69, 9.17) is 15.8 Å². The van der Waals surface area contributed by atoms with E-state index in [-0.39, 0.29) is 6.15 Å². The molecule has 8 heavy (non-hydrogen) atoms. The van der Waals surface area contributed by atoms with Gasteiger partial charge < -0.3 is 6.15 Å². The standard InChI is InChI=1S/C2N2.C2H3N.H3N/c3-1-2-4;1-2-3;/h;1H3;1H3. The van der Waals surface area contributed by atoms with Crippen LogP contribution in [-0.4, -0.2) is 0 Å². The summed E-state index contributed by atoms with van der Waals surface area (Å²) in [5.74, 6) is 0. The van der Waals surface area contributed by atoms with Crippen molar-refractivity contribution in [2.75, 3.05) is 0 Å². The smallest absolute Gasteiger partial charge is 0.181 e. The molecule has 4 nitrogen and oxygen atoms in total. The minimum absolute atomic E-state index is 0. The molecule has 0 saturated heterocycles. The summed E-state index contributed by atoms with van der Waals surface area (Å²) in [6, 6.07) is 4.22. The maximum absolute atomic E-state index is 7.32. The summed E-state index contributed by atoms with van der Waals surface area (Å²) in [5, 5.41) is 21.8. The van der Waals surface area contributed by atoms with Gasteiger partial charge in [-0.05, 0) is 0 Å². The van der Waals surface area contributed by atoms with E-state index in [1.54, 1.807) is 6.07 Å². The van der Waals surface area contributed by atoms with Gasteiger partial charge in [0.25, 0.3) is 0 Å². The summed E-state index contributed by atoms with van der Waals surface area (Å²) in [6.45, 7) is 1.43.